The summed E-state index contributed by atoms with van der Waals surface area (Å²) in [5.74, 6) is 0.832. The standard InChI is InChI=1S/C18H17N2OP/c19-14-6-4-10-17(12-14)22(18-11-5-7-15(20)13-18)21-16-8-2-1-3-9-16/h1-13H,19-20H2. The van der Waals surface area contributed by atoms with Gasteiger partial charge in [-0.2, -0.15) is 0 Å². The van der Waals surface area contributed by atoms with Crippen molar-refractivity contribution in [3.05, 3.63) is 78.9 Å². The molecule has 22 heavy (non-hydrogen) atoms. The van der Waals surface area contributed by atoms with Crippen LogP contribution in [0.25, 0.3) is 0 Å². The van der Waals surface area contributed by atoms with E-state index in [9.17, 15) is 0 Å². The zero-order valence-corrected chi connectivity index (χ0v) is 12.9. The Bertz CT molecular complexity index is 716. The van der Waals surface area contributed by atoms with E-state index in [1.807, 2.05) is 78.9 Å². The van der Waals surface area contributed by atoms with E-state index in [-0.39, 0.29) is 0 Å². The maximum absolute atomic E-state index is 6.25. The van der Waals surface area contributed by atoms with Crippen molar-refractivity contribution in [3.8, 4) is 5.75 Å². The number of benzene rings is 3. The summed E-state index contributed by atoms with van der Waals surface area (Å²) in [6, 6.07) is 25.4. The van der Waals surface area contributed by atoms with Crippen LogP contribution in [0.2, 0.25) is 0 Å². The molecule has 0 saturated carbocycles. The fourth-order valence-corrected chi connectivity index (χ4v) is 3.96. The first-order chi connectivity index (χ1) is 10.7. The Morgan fingerprint density at radius 3 is 1.68 bits per heavy atom. The first-order valence-electron chi connectivity index (χ1n) is 6.96. The Balaban J connectivity index is 2.02. The van der Waals surface area contributed by atoms with Gasteiger partial charge in [-0.1, -0.05) is 42.5 Å². The number of anilines is 2. The Hall–Kier alpha value is -2.51. The average Bonchev–Trinajstić information content (AvgIpc) is 2.53. The van der Waals surface area contributed by atoms with Crippen LogP contribution in [-0.2, 0) is 0 Å². The summed E-state index contributed by atoms with van der Waals surface area (Å²) in [6.45, 7) is 0. The molecular weight excluding hydrogens is 291 g/mol. The van der Waals surface area contributed by atoms with Gasteiger partial charge in [0.25, 0.3) is 0 Å². The molecule has 0 bridgehead atoms. The van der Waals surface area contributed by atoms with Gasteiger partial charge in [0.05, 0.1) is 0 Å². The monoisotopic (exact) mass is 308 g/mol. The summed E-state index contributed by atoms with van der Waals surface area (Å²) < 4.78 is 6.25. The Morgan fingerprint density at radius 2 is 1.18 bits per heavy atom. The second-order valence-corrected chi connectivity index (χ2v) is 6.69. The predicted octanol–water partition coefficient (Wildman–Crippen LogP) is 3.28. The van der Waals surface area contributed by atoms with Gasteiger partial charge < -0.3 is 16.0 Å². The zero-order valence-electron chi connectivity index (χ0n) is 12.0. The lowest BCUT2D eigenvalue weighted by molar-refractivity contribution is 0.630. The molecule has 0 heterocycles. The van der Waals surface area contributed by atoms with Crippen LogP contribution < -0.4 is 26.6 Å². The van der Waals surface area contributed by atoms with E-state index in [2.05, 4.69) is 0 Å². The third kappa shape index (κ3) is 3.38. The molecule has 0 radical (unpaired) electrons. The van der Waals surface area contributed by atoms with E-state index in [1.165, 1.54) is 0 Å². The lowest BCUT2D eigenvalue weighted by Gasteiger charge is -2.20. The van der Waals surface area contributed by atoms with E-state index in [0.29, 0.717) is 0 Å². The predicted molar refractivity (Wildman–Crippen MR) is 95.0 cm³/mol. The van der Waals surface area contributed by atoms with Crippen LogP contribution in [0.4, 0.5) is 11.4 Å². The van der Waals surface area contributed by atoms with E-state index in [0.717, 1.165) is 27.7 Å². The van der Waals surface area contributed by atoms with Gasteiger partial charge >= 0.3 is 0 Å². The fraction of sp³-hybridized carbons (Fsp3) is 0. The van der Waals surface area contributed by atoms with Gasteiger partial charge in [-0.3, -0.25) is 0 Å². The molecule has 0 spiro atoms. The molecule has 0 amide bonds. The summed E-state index contributed by atoms with van der Waals surface area (Å²) in [4.78, 5) is 0. The third-order valence-corrected chi connectivity index (χ3v) is 5.04. The van der Waals surface area contributed by atoms with Gasteiger partial charge in [-0.15, -0.1) is 0 Å². The minimum absolute atomic E-state index is 0.727. The molecule has 0 fully saturated rings. The number of rotatable bonds is 4. The SMILES string of the molecule is Nc1cccc(P(Oc2ccccc2)c2cccc(N)c2)c1. The topological polar surface area (TPSA) is 61.3 Å². The van der Waals surface area contributed by atoms with Crippen LogP contribution in [0.3, 0.4) is 0 Å². The van der Waals surface area contributed by atoms with Crippen molar-refractivity contribution in [1.29, 1.82) is 0 Å². The largest absolute Gasteiger partial charge is 0.464 e. The van der Waals surface area contributed by atoms with Crippen LogP contribution in [-0.4, -0.2) is 0 Å². The maximum Gasteiger partial charge on any atom is 0.150 e. The molecule has 3 aromatic rings. The summed E-state index contributed by atoms with van der Waals surface area (Å²) in [6.07, 6.45) is 0. The van der Waals surface area contributed by atoms with Gasteiger partial charge in [0.15, 0.2) is 8.15 Å². The van der Waals surface area contributed by atoms with Gasteiger partial charge in [0, 0.05) is 22.0 Å². The van der Waals surface area contributed by atoms with Crippen LogP contribution >= 0.6 is 8.15 Å². The highest BCUT2D eigenvalue weighted by atomic mass is 31.1. The zero-order chi connectivity index (χ0) is 15.4. The molecule has 0 atom stereocenters. The molecule has 0 saturated heterocycles. The van der Waals surface area contributed by atoms with Crippen molar-refractivity contribution in [2.45, 2.75) is 0 Å². The second kappa shape index (κ2) is 6.50. The average molecular weight is 308 g/mol. The number of nitrogen functional groups attached to an aromatic ring is 2. The van der Waals surface area contributed by atoms with Crippen molar-refractivity contribution in [2.75, 3.05) is 11.5 Å². The molecule has 0 unspecified atom stereocenters. The van der Waals surface area contributed by atoms with Gasteiger partial charge in [0.2, 0.25) is 0 Å². The molecule has 4 heteroatoms. The first-order valence-corrected chi connectivity index (χ1v) is 8.22. The molecular formula is C18H17N2OP. The minimum atomic E-state index is -1.02. The molecule has 0 aliphatic carbocycles. The van der Waals surface area contributed by atoms with Crippen LogP contribution in [0, 0.1) is 0 Å². The molecule has 3 nitrogen and oxygen atoms in total. The summed E-state index contributed by atoms with van der Waals surface area (Å²) in [5.41, 5.74) is 13.3. The van der Waals surface area contributed by atoms with Crippen molar-refractivity contribution >= 4 is 30.1 Å². The normalized spacial score (nSPS) is 10.6. The van der Waals surface area contributed by atoms with E-state index in [1.54, 1.807) is 0 Å². The Labute approximate surface area is 131 Å². The number of hydrogen-bond donors (Lipinski definition) is 2. The highest BCUT2D eigenvalue weighted by Crippen LogP contribution is 2.37. The second-order valence-electron chi connectivity index (χ2n) is 4.89. The third-order valence-electron chi connectivity index (χ3n) is 3.15. The van der Waals surface area contributed by atoms with Gasteiger partial charge in [-0.25, -0.2) is 0 Å². The number of para-hydroxylation sites is 1. The first kappa shape index (κ1) is 14.4. The quantitative estimate of drug-likeness (QED) is 0.574. The molecule has 0 aromatic heterocycles. The molecule has 4 N–H and O–H groups in total. The van der Waals surface area contributed by atoms with Gasteiger partial charge in [-0.05, 0) is 36.4 Å². The molecule has 0 aliphatic heterocycles. The molecule has 0 aliphatic rings. The molecule has 3 rings (SSSR count). The van der Waals surface area contributed by atoms with Gasteiger partial charge in [0.1, 0.15) is 5.75 Å². The Kier molecular flexibility index (Phi) is 4.27. The van der Waals surface area contributed by atoms with Crippen LogP contribution in [0.15, 0.2) is 78.9 Å². The summed E-state index contributed by atoms with van der Waals surface area (Å²) in [7, 11) is -1.02. The summed E-state index contributed by atoms with van der Waals surface area (Å²) in [5, 5.41) is 2.12. The van der Waals surface area contributed by atoms with Crippen LogP contribution in [0.1, 0.15) is 0 Å². The highest BCUT2D eigenvalue weighted by molar-refractivity contribution is 7.68. The smallest absolute Gasteiger partial charge is 0.150 e. The van der Waals surface area contributed by atoms with Crippen molar-refractivity contribution < 1.29 is 4.52 Å². The molecule has 110 valence electrons. The van der Waals surface area contributed by atoms with E-state index < -0.39 is 8.15 Å². The Morgan fingerprint density at radius 1 is 0.636 bits per heavy atom. The highest BCUT2D eigenvalue weighted by Gasteiger charge is 2.17. The van der Waals surface area contributed by atoms with Crippen molar-refractivity contribution in [3.63, 3.8) is 0 Å². The van der Waals surface area contributed by atoms with Crippen molar-refractivity contribution in [1.82, 2.24) is 0 Å². The summed E-state index contributed by atoms with van der Waals surface area (Å²) >= 11 is 0. The van der Waals surface area contributed by atoms with Crippen molar-refractivity contribution in [2.24, 2.45) is 0 Å². The minimum Gasteiger partial charge on any atom is -0.464 e. The van der Waals surface area contributed by atoms with E-state index >= 15 is 0 Å². The molecule has 3 aromatic carbocycles. The van der Waals surface area contributed by atoms with Crippen LogP contribution in [0.5, 0.6) is 5.75 Å². The fourth-order valence-electron chi connectivity index (χ4n) is 2.14. The lowest BCUT2D eigenvalue weighted by Crippen LogP contribution is -2.16. The van der Waals surface area contributed by atoms with E-state index in [4.69, 9.17) is 16.0 Å². The maximum atomic E-state index is 6.25. The number of hydrogen-bond acceptors (Lipinski definition) is 3. The number of nitrogens with two attached hydrogens (primary N) is 2. The lowest BCUT2D eigenvalue weighted by atomic mass is 10.3.